The molecule has 0 saturated carbocycles. The van der Waals surface area contributed by atoms with Crippen molar-refractivity contribution in [3.8, 4) is 0 Å². The second-order valence-electron chi connectivity index (χ2n) is 3.91. The Morgan fingerprint density at radius 2 is 2.37 bits per heavy atom. The summed E-state index contributed by atoms with van der Waals surface area (Å²) in [6.45, 7) is 1.55. The fourth-order valence-electron chi connectivity index (χ4n) is 1.50. The summed E-state index contributed by atoms with van der Waals surface area (Å²) in [6, 6.07) is 3.71. The van der Waals surface area contributed by atoms with Gasteiger partial charge in [-0.25, -0.2) is 4.68 Å². The number of carboxylic acid groups (broad SMARTS) is 1. The van der Waals surface area contributed by atoms with Crippen LogP contribution < -0.4 is 5.32 Å². The van der Waals surface area contributed by atoms with Crippen molar-refractivity contribution < 1.29 is 14.7 Å². The Morgan fingerprint density at radius 3 is 3.00 bits per heavy atom. The average molecular weight is 280 g/mol. The van der Waals surface area contributed by atoms with Crippen molar-refractivity contribution in [1.82, 2.24) is 20.3 Å². The van der Waals surface area contributed by atoms with Gasteiger partial charge >= 0.3 is 5.97 Å². The van der Waals surface area contributed by atoms with Crippen molar-refractivity contribution in [3.05, 3.63) is 34.3 Å². The van der Waals surface area contributed by atoms with Gasteiger partial charge in [0.25, 0.3) is 5.91 Å². The fraction of sp³-hybridized carbons (Fsp3) is 0.273. The fourth-order valence-corrected chi connectivity index (χ4v) is 2.23. The van der Waals surface area contributed by atoms with Gasteiger partial charge in [-0.3, -0.25) is 9.59 Å². The number of aromatic nitrogens is 3. The number of nitrogens with zero attached hydrogens (tertiary/aromatic N) is 3. The zero-order valence-corrected chi connectivity index (χ0v) is 10.9. The van der Waals surface area contributed by atoms with Gasteiger partial charge in [0.2, 0.25) is 0 Å². The van der Waals surface area contributed by atoms with Crippen LogP contribution >= 0.6 is 11.3 Å². The third-order valence-corrected chi connectivity index (χ3v) is 3.44. The van der Waals surface area contributed by atoms with Crippen LogP contribution in [0.4, 0.5) is 0 Å². The van der Waals surface area contributed by atoms with Crippen LogP contribution in [0, 0.1) is 0 Å². The molecule has 7 nitrogen and oxygen atoms in total. The Morgan fingerprint density at radius 1 is 1.58 bits per heavy atom. The number of amides is 1. The highest BCUT2D eigenvalue weighted by Gasteiger charge is 2.15. The molecule has 2 N–H and O–H groups in total. The summed E-state index contributed by atoms with van der Waals surface area (Å²) in [5, 5.41) is 20.5. The molecule has 0 aliphatic heterocycles. The van der Waals surface area contributed by atoms with E-state index in [0.717, 1.165) is 9.56 Å². The van der Waals surface area contributed by atoms with E-state index in [-0.39, 0.29) is 24.2 Å². The van der Waals surface area contributed by atoms with Gasteiger partial charge in [-0.1, -0.05) is 11.3 Å². The van der Waals surface area contributed by atoms with Gasteiger partial charge in [0.05, 0.1) is 12.2 Å². The molecule has 1 unspecified atom stereocenters. The minimum Gasteiger partial charge on any atom is -0.480 e. The van der Waals surface area contributed by atoms with Crippen molar-refractivity contribution in [2.75, 3.05) is 0 Å². The number of nitrogens with one attached hydrogen (secondary N) is 1. The zero-order chi connectivity index (χ0) is 13.8. The quantitative estimate of drug-likeness (QED) is 0.848. The van der Waals surface area contributed by atoms with Crippen LogP contribution in [0.1, 0.15) is 28.3 Å². The molecule has 19 heavy (non-hydrogen) atoms. The Balaban J connectivity index is 2.00. The van der Waals surface area contributed by atoms with E-state index >= 15 is 0 Å². The number of carboxylic acids is 1. The number of carbonyl (C=O) groups excluding carboxylic acids is 1. The van der Waals surface area contributed by atoms with Crippen molar-refractivity contribution in [3.63, 3.8) is 0 Å². The topological polar surface area (TPSA) is 97.1 Å². The molecule has 0 saturated heterocycles. The van der Waals surface area contributed by atoms with E-state index < -0.39 is 5.97 Å². The minimum absolute atomic E-state index is 0.102. The summed E-state index contributed by atoms with van der Waals surface area (Å²) in [4.78, 5) is 23.4. The predicted octanol–water partition coefficient (Wildman–Crippen LogP) is 0.915. The van der Waals surface area contributed by atoms with Crippen molar-refractivity contribution in [2.45, 2.75) is 19.5 Å². The van der Waals surface area contributed by atoms with E-state index in [1.165, 1.54) is 6.20 Å². The van der Waals surface area contributed by atoms with Gasteiger partial charge in [-0.15, -0.1) is 16.4 Å². The number of hydrogen-bond donors (Lipinski definition) is 2. The SMILES string of the molecule is CC(NC(=O)c1cn(CC(=O)O)nn1)c1cccs1. The van der Waals surface area contributed by atoms with E-state index in [2.05, 4.69) is 15.6 Å². The molecule has 2 aromatic heterocycles. The molecule has 2 rings (SSSR count). The van der Waals surface area contributed by atoms with E-state index in [9.17, 15) is 9.59 Å². The lowest BCUT2D eigenvalue weighted by molar-refractivity contribution is -0.137. The first-order chi connectivity index (χ1) is 9.06. The number of hydrogen-bond acceptors (Lipinski definition) is 5. The highest BCUT2D eigenvalue weighted by atomic mass is 32.1. The number of rotatable bonds is 5. The smallest absolute Gasteiger partial charge is 0.325 e. The molecule has 2 aromatic rings. The molecule has 100 valence electrons. The van der Waals surface area contributed by atoms with Crippen LogP contribution in [0.3, 0.4) is 0 Å². The third-order valence-electron chi connectivity index (χ3n) is 2.39. The highest BCUT2D eigenvalue weighted by Crippen LogP contribution is 2.18. The van der Waals surface area contributed by atoms with Gasteiger partial charge in [0, 0.05) is 4.88 Å². The lowest BCUT2D eigenvalue weighted by Crippen LogP contribution is -2.26. The van der Waals surface area contributed by atoms with E-state index in [1.807, 2.05) is 24.4 Å². The Kier molecular flexibility index (Phi) is 3.91. The van der Waals surface area contributed by atoms with Gasteiger partial charge in [0.1, 0.15) is 6.54 Å². The monoisotopic (exact) mass is 280 g/mol. The third kappa shape index (κ3) is 3.38. The normalized spacial score (nSPS) is 12.1. The maximum absolute atomic E-state index is 11.9. The minimum atomic E-state index is -1.04. The van der Waals surface area contributed by atoms with Crippen LogP contribution in [-0.2, 0) is 11.3 Å². The summed E-state index contributed by atoms with van der Waals surface area (Å²) in [5.74, 6) is -1.42. The molecule has 0 bridgehead atoms. The number of thiophene rings is 1. The zero-order valence-electron chi connectivity index (χ0n) is 10.1. The molecule has 8 heteroatoms. The van der Waals surface area contributed by atoms with Crippen LogP contribution in [0.2, 0.25) is 0 Å². The van der Waals surface area contributed by atoms with Gasteiger partial charge in [-0.2, -0.15) is 0 Å². The Hall–Kier alpha value is -2.22. The van der Waals surface area contributed by atoms with Crippen molar-refractivity contribution in [1.29, 1.82) is 0 Å². The molecule has 0 aliphatic carbocycles. The second kappa shape index (κ2) is 5.61. The Labute approximate surface area is 112 Å². The molecule has 0 aromatic carbocycles. The molecule has 0 aliphatic rings. The number of carbonyl (C=O) groups is 2. The lowest BCUT2D eigenvalue weighted by Gasteiger charge is -2.10. The summed E-state index contributed by atoms with van der Waals surface area (Å²) in [7, 11) is 0. The maximum atomic E-state index is 11.9. The molecule has 0 radical (unpaired) electrons. The average Bonchev–Trinajstić information content (AvgIpc) is 2.97. The van der Waals surface area contributed by atoms with Gasteiger partial charge in [-0.05, 0) is 18.4 Å². The van der Waals surface area contributed by atoms with Crippen LogP contribution in [0.25, 0.3) is 0 Å². The van der Waals surface area contributed by atoms with Crippen LogP contribution in [-0.4, -0.2) is 32.0 Å². The highest BCUT2D eigenvalue weighted by molar-refractivity contribution is 7.10. The van der Waals surface area contributed by atoms with Gasteiger partial charge < -0.3 is 10.4 Å². The summed E-state index contributed by atoms with van der Waals surface area (Å²) in [5.41, 5.74) is 0.102. The summed E-state index contributed by atoms with van der Waals surface area (Å²) >= 11 is 1.55. The Bertz CT molecular complexity index is 579. The molecule has 2 heterocycles. The first kappa shape index (κ1) is 13.2. The molecule has 0 spiro atoms. The standard InChI is InChI=1S/C11H12N4O3S/c1-7(9-3-2-4-19-9)12-11(18)8-5-15(14-13-8)6-10(16)17/h2-5,7H,6H2,1H3,(H,12,18)(H,16,17). The van der Waals surface area contributed by atoms with Crippen molar-refractivity contribution in [2.24, 2.45) is 0 Å². The van der Waals surface area contributed by atoms with E-state index in [1.54, 1.807) is 11.3 Å². The molecule has 0 fully saturated rings. The van der Waals surface area contributed by atoms with E-state index in [4.69, 9.17) is 5.11 Å². The van der Waals surface area contributed by atoms with Crippen LogP contribution in [0.5, 0.6) is 0 Å². The maximum Gasteiger partial charge on any atom is 0.325 e. The number of aliphatic carboxylic acids is 1. The molecular weight excluding hydrogens is 268 g/mol. The van der Waals surface area contributed by atoms with E-state index in [0.29, 0.717) is 0 Å². The van der Waals surface area contributed by atoms with Crippen molar-refractivity contribution >= 4 is 23.2 Å². The predicted molar refractivity (Wildman–Crippen MR) is 67.9 cm³/mol. The lowest BCUT2D eigenvalue weighted by atomic mass is 10.2. The molecule has 1 atom stereocenters. The summed E-state index contributed by atoms with van der Waals surface area (Å²) in [6.07, 6.45) is 1.31. The van der Waals surface area contributed by atoms with Crippen LogP contribution in [0.15, 0.2) is 23.7 Å². The van der Waals surface area contributed by atoms with Gasteiger partial charge in [0.15, 0.2) is 5.69 Å². The summed E-state index contributed by atoms with van der Waals surface area (Å²) < 4.78 is 1.10. The molecular formula is C11H12N4O3S. The second-order valence-corrected chi connectivity index (χ2v) is 4.88. The first-order valence-corrected chi connectivity index (χ1v) is 6.40. The molecule has 1 amide bonds. The largest absolute Gasteiger partial charge is 0.480 e. The first-order valence-electron chi connectivity index (χ1n) is 5.52.